The van der Waals surface area contributed by atoms with E-state index in [1.165, 1.54) is 11.8 Å². The number of rotatable bonds is 6. The normalized spacial score (nSPS) is 15.0. The molecule has 0 aliphatic carbocycles. The van der Waals surface area contributed by atoms with Gasteiger partial charge in [0.25, 0.3) is 5.91 Å². The molecule has 1 aliphatic heterocycles. The Morgan fingerprint density at radius 3 is 2.38 bits per heavy atom. The van der Waals surface area contributed by atoms with Gasteiger partial charge in [-0.05, 0) is 40.6 Å². The van der Waals surface area contributed by atoms with Crippen LogP contribution in [0.2, 0.25) is 0 Å². The van der Waals surface area contributed by atoms with E-state index in [9.17, 15) is 4.79 Å². The first-order chi connectivity index (χ1) is 16.2. The topological polar surface area (TPSA) is 80.3 Å². The maximum atomic E-state index is 12.7. The second-order valence-electron chi connectivity index (χ2n) is 8.30. The number of hydrogen-bond donors (Lipinski definition) is 0. The standard InChI is InChI=1S/C25H26N6O2.ClH/c1-19-9-11-21(12-10-19)23(24-26-27-28-31(24)18-20-6-3-2-4-7-20)29-13-15-30(16-14-29)25(32)22-8-5-17-33-22;/h2-12,17,23H,13-16,18H2,1H3;1H. The van der Waals surface area contributed by atoms with Crippen molar-refractivity contribution in [2.24, 2.45) is 0 Å². The van der Waals surface area contributed by atoms with E-state index < -0.39 is 0 Å². The SMILES string of the molecule is Cc1ccc(C(c2nnnn2Cc2ccccc2)N2CCN(C(=O)c3ccco3)CC2)cc1.Cl. The molecule has 0 spiro atoms. The van der Waals surface area contributed by atoms with Crippen molar-refractivity contribution in [1.82, 2.24) is 30.0 Å². The number of carbonyl (C=O) groups excluding carboxylic acids is 1. The minimum absolute atomic E-state index is 0. The van der Waals surface area contributed by atoms with Crippen molar-refractivity contribution in [2.75, 3.05) is 26.2 Å². The summed E-state index contributed by atoms with van der Waals surface area (Å²) in [6.45, 7) is 5.33. The Morgan fingerprint density at radius 1 is 0.971 bits per heavy atom. The molecule has 0 bridgehead atoms. The predicted molar refractivity (Wildman–Crippen MR) is 130 cm³/mol. The molecule has 176 valence electrons. The van der Waals surface area contributed by atoms with Gasteiger partial charge in [0.1, 0.15) is 0 Å². The highest BCUT2D eigenvalue weighted by molar-refractivity contribution is 5.91. The molecule has 0 saturated carbocycles. The second kappa shape index (κ2) is 10.6. The van der Waals surface area contributed by atoms with Crippen molar-refractivity contribution < 1.29 is 9.21 Å². The van der Waals surface area contributed by atoms with Gasteiger partial charge in [-0.1, -0.05) is 60.2 Å². The van der Waals surface area contributed by atoms with Crippen LogP contribution in [-0.2, 0) is 6.54 Å². The summed E-state index contributed by atoms with van der Waals surface area (Å²) in [7, 11) is 0. The van der Waals surface area contributed by atoms with Gasteiger partial charge in [-0.15, -0.1) is 17.5 Å². The lowest BCUT2D eigenvalue weighted by molar-refractivity contribution is 0.0559. The molecule has 3 heterocycles. The number of halogens is 1. The highest BCUT2D eigenvalue weighted by Crippen LogP contribution is 2.29. The van der Waals surface area contributed by atoms with Gasteiger partial charge in [0, 0.05) is 26.2 Å². The summed E-state index contributed by atoms with van der Waals surface area (Å²) < 4.78 is 7.18. The molecule has 1 aliphatic rings. The molecule has 9 heteroatoms. The highest BCUT2D eigenvalue weighted by Gasteiger charge is 2.32. The molecule has 2 aromatic heterocycles. The molecule has 1 amide bonds. The van der Waals surface area contributed by atoms with E-state index in [1.54, 1.807) is 12.1 Å². The number of furan rings is 1. The third kappa shape index (κ3) is 5.03. The lowest BCUT2D eigenvalue weighted by Gasteiger charge is -2.38. The molecule has 8 nitrogen and oxygen atoms in total. The predicted octanol–water partition coefficient (Wildman–Crippen LogP) is 3.59. The van der Waals surface area contributed by atoms with E-state index in [4.69, 9.17) is 4.42 Å². The average molecular weight is 479 g/mol. The fraction of sp³-hybridized carbons (Fsp3) is 0.280. The largest absolute Gasteiger partial charge is 0.459 e. The summed E-state index contributed by atoms with van der Waals surface area (Å²) >= 11 is 0. The van der Waals surface area contributed by atoms with Crippen molar-refractivity contribution >= 4 is 18.3 Å². The Morgan fingerprint density at radius 2 is 1.71 bits per heavy atom. The maximum Gasteiger partial charge on any atom is 0.289 e. The van der Waals surface area contributed by atoms with Crippen LogP contribution in [0.15, 0.2) is 77.4 Å². The first-order valence-corrected chi connectivity index (χ1v) is 11.1. The monoisotopic (exact) mass is 478 g/mol. The maximum absolute atomic E-state index is 12.7. The minimum Gasteiger partial charge on any atom is -0.459 e. The van der Waals surface area contributed by atoms with Crippen LogP contribution in [-0.4, -0.2) is 62.1 Å². The summed E-state index contributed by atoms with van der Waals surface area (Å²) in [5, 5.41) is 12.8. The van der Waals surface area contributed by atoms with E-state index in [2.05, 4.69) is 63.7 Å². The molecule has 1 atom stereocenters. The van der Waals surface area contributed by atoms with E-state index in [-0.39, 0.29) is 24.4 Å². The first kappa shape index (κ1) is 23.7. The van der Waals surface area contributed by atoms with Gasteiger partial charge in [0.2, 0.25) is 0 Å². The average Bonchev–Trinajstić information content (AvgIpc) is 3.54. The number of piperazine rings is 1. The molecule has 4 aromatic rings. The summed E-state index contributed by atoms with van der Waals surface area (Å²) in [6.07, 6.45) is 1.53. The fourth-order valence-electron chi connectivity index (χ4n) is 4.29. The Bertz CT molecular complexity index is 1190. The minimum atomic E-state index is -0.106. The first-order valence-electron chi connectivity index (χ1n) is 11.1. The van der Waals surface area contributed by atoms with Crippen LogP contribution in [0.5, 0.6) is 0 Å². The third-order valence-corrected chi connectivity index (χ3v) is 6.07. The van der Waals surface area contributed by atoms with Crippen LogP contribution in [0.3, 0.4) is 0 Å². The lowest BCUT2D eigenvalue weighted by atomic mass is 10.0. The number of hydrogen-bond acceptors (Lipinski definition) is 6. The zero-order chi connectivity index (χ0) is 22.6. The number of tetrazole rings is 1. The second-order valence-corrected chi connectivity index (χ2v) is 8.30. The van der Waals surface area contributed by atoms with Crippen molar-refractivity contribution in [2.45, 2.75) is 19.5 Å². The van der Waals surface area contributed by atoms with Gasteiger partial charge in [0.15, 0.2) is 11.6 Å². The zero-order valence-electron chi connectivity index (χ0n) is 18.9. The lowest BCUT2D eigenvalue weighted by Crippen LogP contribution is -2.50. The van der Waals surface area contributed by atoms with Gasteiger partial charge in [-0.3, -0.25) is 9.69 Å². The van der Waals surface area contributed by atoms with Gasteiger partial charge in [0.05, 0.1) is 18.8 Å². The molecule has 1 fully saturated rings. The van der Waals surface area contributed by atoms with E-state index in [0.717, 1.165) is 17.0 Å². The summed E-state index contributed by atoms with van der Waals surface area (Å²) in [5.74, 6) is 1.11. The van der Waals surface area contributed by atoms with Crippen molar-refractivity contribution in [3.63, 3.8) is 0 Å². The Hall–Kier alpha value is -3.49. The molecule has 1 saturated heterocycles. The number of amides is 1. The van der Waals surface area contributed by atoms with E-state index >= 15 is 0 Å². The van der Waals surface area contributed by atoms with Crippen molar-refractivity contribution in [3.05, 3.63) is 101 Å². The molecule has 0 radical (unpaired) electrons. The Balaban J connectivity index is 0.00000274. The number of nitrogens with zero attached hydrogens (tertiary/aromatic N) is 6. The molecular formula is C25H27ClN6O2. The van der Waals surface area contributed by atoms with Gasteiger partial charge < -0.3 is 9.32 Å². The summed E-state index contributed by atoms with van der Waals surface area (Å²) in [6, 6.07) is 22.0. The van der Waals surface area contributed by atoms with Gasteiger partial charge in [-0.2, -0.15) is 0 Å². The van der Waals surface area contributed by atoms with E-state index in [1.807, 2.05) is 27.8 Å². The van der Waals surface area contributed by atoms with Crippen LogP contribution in [0.25, 0.3) is 0 Å². The quantitative estimate of drug-likeness (QED) is 0.421. The zero-order valence-corrected chi connectivity index (χ0v) is 19.8. The van der Waals surface area contributed by atoms with Crippen LogP contribution in [0, 0.1) is 6.92 Å². The molecule has 1 unspecified atom stereocenters. The molecule has 5 rings (SSSR count). The van der Waals surface area contributed by atoms with Crippen molar-refractivity contribution in [3.8, 4) is 0 Å². The van der Waals surface area contributed by atoms with Crippen molar-refractivity contribution in [1.29, 1.82) is 0 Å². The fourth-order valence-corrected chi connectivity index (χ4v) is 4.29. The molecule has 2 aromatic carbocycles. The van der Waals surface area contributed by atoms with E-state index in [0.29, 0.717) is 38.5 Å². The van der Waals surface area contributed by atoms with Gasteiger partial charge in [-0.25, -0.2) is 4.68 Å². The molecular weight excluding hydrogens is 452 g/mol. The highest BCUT2D eigenvalue weighted by atomic mass is 35.5. The number of aryl methyl sites for hydroxylation is 1. The van der Waals surface area contributed by atoms with Crippen LogP contribution in [0.1, 0.15) is 39.1 Å². The van der Waals surface area contributed by atoms with Gasteiger partial charge >= 0.3 is 0 Å². The van der Waals surface area contributed by atoms with Crippen LogP contribution >= 0.6 is 12.4 Å². The number of carbonyl (C=O) groups is 1. The third-order valence-electron chi connectivity index (χ3n) is 6.07. The number of benzene rings is 2. The Kier molecular flexibility index (Phi) is 7.40. The summed E-state index contributed by atoms with van der Waals surface area (Å²) in [4.78, 5) is 16.9. The van der Waals surface area contributed by atoms with Crippen LogP contribution in [0.4, 0.5) is 0 Å². The molecule has 34 heavy (non-hydrogen) atoms. The number of aromatic nitrogens is 4. The smallest absolute Gasteiger partial charge is 0.289 e. The summed E-state index contributed by atoms with van der Waals surface area (Å²) in [5.41, 5.74) is 3.48. The molecule has 0 N–H and O–H groups in total. The van der Waals surface area contributed by atoms with Crippen LogP contribution < -0.4 is 0 Å². The Labute approximate surface area is 204 Å².